The Kier molecular flexibility index (Phi) is 7.32. The lowest BCUT2D eigenvalue weighted by atomic mass is 9.68. The van der Waals surface area contributed by atoms with E-state index < -0.39 is 0 Å². The third kappa shape index (κ3) is 4.72. The van der Waals surface area contributed by atoms with Crippen molar-refractivity contribution in [2.24, 2.45) is 0 Å². The van der Waals surface area contributed by atoms with Crippen LogP contribution in [0.25, 0.3) is 44.2 Å². The van der Waals surface area contributed by atoms with Crippen LogP contribution in [0.5, 0.6) is 0 Å². The highest BCUT2D eigenvalue weighted by Crippen LogP contribution is 2.56. The van der Waals surface area contributed by atoms with E-state index in [4.69, 9.17) is 0 Å². The second kappa shape index (κ2) is 11.8. The summed E-state index contributed by atoms with van der Waals surface area (Å²) in [6, 6.07) is 46.9. The van der Waals surface area contributed by atoms with Crippen LogP contribution in [0.15, 0.2) is 139 Å². The van der Waals surface area contributed by atoms with E-state index in [9.17, 15) is 0 Å². The summed E-state index contributed by atoms with van der Waals surface area (Å²) in [7, 11) is 0. The molecule has 0 radical (unpaired) electrons. The molecule has 1 aliphatic carbocycles. The smallest absolute Gasteiger partial charge is 0.0582 e. The standard InChI is InChI=1S/C54H51N/c1-9-16-43-33(2)39-28-26-37(31-47(39)52(43,3)4)36-20-13-17-34(29-36)25-27-40(35-18-11-10-12-19-35)38-30-42-41-21-14-22-44-49(41)55-50(42)48(32-38)54(7,8)46-24-15-23-45(51(46)55)53(44,5)6/h9-24,26,28-32,40H,25,27H2,1-8H3. The van der Waals surface area contributed by atoms with Crippen molar-refractivity contribution in [3.8, 4) is 16.8 Å². The molecule has 0 N–H and O–H groups in total. The van der Waals surface area contributed by atoms with Crippen LogP contribution in [0.1, 0.15) is 118 Å². The highest BCUT2D eigenvalue weighted by molar-refractivity contribution is 6.14. The monoisotopic (exact) mass is 713 g/mol. The number of aromatic nitrogens is 1. The molecule has 1 unspecified atom stereocenters. The number of fused-ring (bicyclic) bond motifs is 2. The van der Waals surface area contributed by atoms with Gasteiger partial charge in [0.2, 0.25) is 0 Å². The SMILES string of the molecule is CC=CC1=C(C)c2ccc(-c3cccc(CCC(c4ccccc4)c4cc5c6c(c4)c4cccc7c4n6-c4c(cccc4C5(C)C)C7(C)C)c3)cc2C1(C)C. The molecule has 10 rings (SSSR count). The van der Waals surface area contributed by atoms with Crippen LogP contribution in [0.2, 0.25) is 0 Å². The average Bonchev–Trinajstić information content (AvgIpc) is 3.62. The Bertz CT molecular complexity index is 2790. The number of aryl methyl sites for hydroxylation is 1. The molecule has 2 aliphatic heterocycles. The maximum Gasteiger partial charge on any atom is 0.0582 e. The Morgan fingerprint density at radius 1 is 0.564 bits per heavy atom. The molecule has 0 saturated heterocycles. The first-order chi connectivity index (χ1) is 26.4. The van der Waals surface area contributed by atoms with Gasteiger partial charge in [0.25, 0.3) is 0 Å². The molecule has 0 bridgehead atoms. The van der Waals surface area contributed by atoms with Crippen molar-refractivity contribution >= 4 is 27.4 Å². The summed E-state index contributed by atoms with van der Waals surface area (Å²) in [5.41, 5.74) is 22.1. The molecule has 0 amide bonds. The van der Waals surface area contributed by atoms with Crippen LogP contribution in [0, 0.1) is 0 Å². The van der Waals surface area contributed by atoms with Crippen LogP contribution in [-0.2, 0) is 22.7 Å². The van der Waals surface area contributed by atoms with E-state index >= 15 is 0 Å². The third-order valence-electron chi connectivity index (χ3n) is 14.0. The van der Waals surface area contributed by atoms with E-state index in [2.05, 4.69) is 193 Å². The van der Waals surface area contributed by atoms with Crippen molar-refractivity contribution in [2.75, 3.05) is 0 Å². The number of para-hydroxylation sites is 2. The lowest BCUT2D eigenvalue weighted by molar-refractivity contribution is 0.592. The Labute approximate surface area is 327 Å². The van der Waals surface area contributed by atoms with Crippen LogP contribution < -0.4 is 0 Å². The van der Waals surface area contributed by atoms with Crippen LogP contribution >= 0.6 is 0 Å². The number of hydrogen-bond acceptors (Lipinski definition) is 0. The average molecular weight is 714 g/mol. The quantitative estimate of drug-likeness (QED) is 0.155. The molecule has 7 aromatic rings. The molecule has 1 atom stereocenters. The van der Waals surface area contributed by atoms with E-state index in [0.29, 0.717) is 0 Å². The van der Waals surface area contributed by atoms with Gasteiger partial charge in [-0.3, -0.25) is 0 Å². The number of hydrogen-bond donors (Lipinski definition) is 0. The van der Waals surface area contributed by atoms with Gasteiger partial charge in [0.05, 0.1) is 16.7 Å². The normalized spacial score (nSPS) is 17.5. The summed E-state index contributed by atoms with van der Waals surface area (Å²) in [6.45, 7) is 18.9. The highest BCUT2D eigenvalue weighted by atomic mass is 15.0. The van der Waals surface area contributed by atoms with E-state index in [0.717, 1.165) is 12.8 Å². The van der Waals surface area contributed by atoms with Gasteiger partial charge in [-0.25, -0.2) is 0 Å². The van der Waals surface area contributed by atoms with Gasteiger partial charge in [0.15, 0.2) is 0 Å². The van der Waals surface area contributed by atoms with E-state index in [1.54, 1.807) is 0 Å². The minimum Gasteiger partial charge on any atom is -0.308 e. The van der Waals surface area contributed by atoms with Gasteiger partial charge in [-0.15, -0.1) is 0 Å². The summed E-state index contributed by atoms with van der Waals surface area (Å²) in [6.07, 6.45) is 6.51. The third-order valence-corrected chi connectivity index (χ3v) is 14.0. The molecule has 1 aromatic heterocycles. The first-order valence-electron chi connectivity index (χ1n) is 20.3. The molecule has 1 heteroatoms. The van der Waals surface area contributed by atoms with Crippen LogP contribution in [-0.4, -0.2) is 4.57 Å². The largest absolute Gasteiger partial charge is 0.308 e. The molecule has 0 spiro atoms. The molecule has 272 valence electrons. The fraction of sp³-hybridized carbons (Fsp3) is 0.259. The predicted octanol–water partition coefficient (Wildman–Crippen LogP) is 14.1. The van der Waals surface area contributed by atoms with E-state index in [1.807, 2.05) is 0 Å². The lowest BCUT2D eigenvalue weighted by Gasteiger charge is -2.42. The lowest BCUT2D eigenvalue weighted by Crippen LogP contribution is -2.33. The molecule has 6 aromatic carbocycles. The molecular formula is C54H51N. The second-order valence-corrected chi connectivity index (χ2v) is 18.1. The van der Waals surface area contributed by atoms with Crippen molar-refractivity contribution in [1.29, 1.82) is 0 Å². The number of rotatable bonds is 7. The van der Waals surface area contributed by atoms with Crippen molar-refractivity contribution in [2.45, 2.75) is 90.4 Å². The molecule has 3 aliphatic rings. The summed E-state index contributed by atoms with van der Waals surface area (Å²) >= 11 is 0. The number of allylic oxidation sites excluding steroid dienone is 4. The Morgan fingerprint density at radius 2 is 1.24 bits per heavy atom. The maximum atomic E-state index is 2.64. The van der Waals surface area contributed by atoms with Gasteiger partial charge < -0.3 is 4.57 Å². The Morgan fingerprint density at radius 3 is 2.00 bits per heavy atom. The molecule has 3 heterocycles. The fourth-order valence-corrected chi connectivity index (χ4v) is 11.0. The van der Waals surface area contributed by atoms with E-state index in [-0.39, 0.29) is 22.2 Å². The van der Waals surface area contributed by atoms with Crippen molar-refractivity contribution < 1.29 is 0 Å². The minimum atomic E-state index is -0.140. The molecule has 1 nitrogen and oxygen atoms in total. The zero-order chi connectivity index (χ0) is 38.0. The van der Waals surface area contributed by atoms with Gasteiger partial charge in [0.1, 0.15) is 0 Å². The minimum absolute atomic E-state index is 0.0103. The van der Waals surface area contributed by atoms with Crippen LogP contribution in [0.4, 0.5) is 0 Å². The highest BCUT2D eigenvalue weighted by Gasteiger charge is 2.43. The van der Waals surface area contributed by atoms with Gasteiger partial charge in [-0.2, -0.15) is 0 Å². The fourth-order valence-electron chi connectivity index (χ4n) is 11.0. The molecule has 55 heavy (non-hydrogen) atoms. The Hall–Kier alpha value is -5.40. The molecule has 0 fully saturated rings. The second-order valence-electron chi connectivity index (χ2n) is 18.1. The van der Waals surface area contributed by atoms with Gasteiger partial charge in [-0.05, 0) is 111 Å². The zero-order valence-electron chi connectivity index (χ0n) is 33.6. The first kappa shape index (κ1) is 34.1. The van der Waals surface area contributed by atoms with Gasteiger partial charge in [-0.1, -0.05) is 163 Å². The number of nitrogens with zero attached hydrogens (tertiary/aromatic N) is 1. The first-order valence-corrected chi connectivity index (χ1v) is 20.3. The number of benzene rings is 6. The summed E-state index contributed by atoms with van der Waals surface area (Å²) in [5.74, 6) is 0.261. The molecular weight excluding hydrogens is 663 g/mol. The van der Waals surface area contributed by atoms with Crippen LogP contribution in [0.3, 0.4) is 0 Å². The van der Waals surface area contributed by atoms with Gasteiger partial charge in [0, 0.05) is 32.9 Å². The predicted molar refractivity (Wildman–Crippen MR) is 234 cm³/mol. The van der Waals surface area contributed by atoms with Crippen molar-refractivity contribution in [1.82, 2.24) is 4.57 Å². The summed E-state index contributed by atoms with van der Waals surface area (Å²) < 4.78 is 2.64. The summed E-state index contributed by atoms with van der Waals surface area (Å²) in [5, 5.41) is 2.77. The molecule has 0 saturated carbocycles. The van der Waals surface area contributed by atoms with E-state index in [1.165, 1.54) is 99.8 Å². The Balaban J connectivity index is 1.07. The maximum absolute atomic E-state index is 2.64. The topological polar surface area (TPSA) is 4.93 Å². The van der Waals surface area contributed by atoms with Crippen molar-refractivity contribution in [3.63, 3.8) is 0 Å². The summed E-state index contributed by atoms with van der Waals surface area (Å²) in [4.78, 5) is 0. The van der Waals surface area contributed by atoms with Gasteiger partial charge >= 0.3 is 0 Å². The van der Waals surface area contributed by atoms with Crippen molar-refractivity contribution in [3.05, 3.63) is 189 Å². The zero-order valence-corrected chi connectivity index (χ0v) is 33.6.